The normalized spacial score (nSPS) is 14.5. The molecule has 0 spiro atoms. The highest BCUT2D eigenvalue weighted by Gasteiger charge is 2.21. The maximum atomic E-state index is 12.4. The van der Waals surface area contributed by atoms with E-state index in [1.807, 2.05) is 65.6 Å². The highest BCUT2D eigenvalue weighted by atomic mass is 16.2. The molecule has 4 nitrogen and oxygen atoms in total. The van der Waals surface area contributed by atoms with Crippen molar-refractivity contribution >= 4 is 11.7 Å². The van der Waals surface area contributed by atoms with E-state index in [1.54, 1.807) is 0 Å². The molecule has 1 aliphatic rings. The van der Waals surface area contributed by atoms with E-state index in [1.165, 1.54) is 0 Å². The minimum Gasteiger partial charge on any atom is -0.336 e. The lowest BCUT2D eigenvalue weighted by molar-refractivity contribution is 0.0635. The Labute approximate surface area is 156 Å². The smallest absolute Gasteiger partial charge is 0.253 e. The monoisotopic (exact) mass is 352 g/mol. The number of hydrogen-bond acceptors (Lipinski definition) is 3. The Morgan fingerprint density at radius 3 is 1.88 bits per heavy atom. The zero-order chi connectivity index (χ0) is 17.5. The molecule has 0 N–H and O–H groups in total. The summed E-state index contributed by atoms with van der Waals surface area (Å²) in [6.07, 6.45) is 1.44. The van der Waals surface area contributed by atoms with Crippen molar-refractivity contribution < 1.29 is 9.59 Å². The number of amides is 1. The van der Waals surface area contributed by atoms with Crippen LogP contribution in [0.15, 0.2) is 60.7 Å². The second-order valence-corrected chi connectivity index (χ2v) is 6.39. The van der Waals surface area contributed by atoms with Crippen LogP contribution in [0.5, 0.6) is 0 Å². The van der Waals surface area contributed by atoms with Gasteiger partial charge in [-0.25, -0.2) is 0 Å². The Morgan fingerprint density at radius 2 is 1.31 bits per heavy atom. The quantitative estimate of drug-likeness (QED) is 0.744. The van der Waals surface area contributed by atoms with E-state index in [0.717, 1.165) is 50.3 Å². The van der Waals surface area contributed by atoms with Crippen LogP contribution >= 0.6 is 0 Å². The van der Waals surface area contributed by atoms with Gasteiger partial charge in [-0.1, -0.05) is 56.0 Å². The maximum Gasteiger partial charge on any atom is 0.253 e. The molecule has 0 atom stereocenters. The summed E-state index contributed by atoms with van der Waals surface area (Å²) in [4.78, 5) is 28.8. The third-order valence-electron chi connectivity index (χ3n) is 4.65. The average Bonchev–Trinajstić information content (AvgIpc) is 2.69. The van der Waals surface area contributed by atoms with Crippen molar-refractivity contribution in [3.8, 4) is 0 Å². The molecule has 0 radical (unpaired) electrons. The molecule has 4 heteroatoms. The van der Waals surface area contributed by atoms with Gasteiger partial charge in [-0.15, -0.1) is 0 Å². The molecule has 2 aromatic rings. The Hall–Kier alpha value is -2.46. The van der Waals surface area contributed by atoms with Crippen LogP contribution in [0.4, 0.5) is 0 Å². The molecule has 3 rings (SSSR count). The van der Waals surface area contributed by atoms with Gasteiger partial charge in [0.25, 0.3) is 5.91 Å². The largest absolute Gasteiger partial charge is 0.336 e. The molecule has 0 saturated carbocycles. The Morgan fingerprint density at radius 1 is 0.769 bits per heavy atom. The number of carbonyl (C=O) groups excluding carboxylic acids is 2. The summed E-state index contributed by atoms with van der Waals surface area (Å²) >= 11 is 0. The van der Waals surface area contributed by atoms with Crippen LogP contribution in [0.1, 0.15) is 41.0 Å². The van der Waals surface area contributed by atoms with Gasteiger partial charge in [0.2, 0.25) is 0 Å². The Balaban J connectivity index is 0.00000243. The van der Waals surface area contributed by atoms with Crippen molar-refractivity contribution in [2.45, 2.75) is 20.3 Å². The lowest BCUT2D eigenvalue weighted by Gasteiger charge is -2.34. The number of piperazine rings is 1. The lowest BCUT2D eigenvalue weighted by Crippen LogP contribution is -2.48. The summed E-state index contributed by atoms with van der Waals surface area (Å²) in [7, 11) is 0. The predicted molar refractivity (Wildman–Crippen MR) is 106 cm³/mol. The molecule has 0 aromatic heterocycles. The SMILES string of the molecule is C.O=C(CCCN1CCN(C(=O)c2ccccc2)CC1)c1ccccc1. The molecular weight excluding hydrogens is 324 g/mol. The molecule has 1 fully saturated rings. The summed E-state index contributed by atoms with van der Waals surface area (Å²) in [5.74, 6) is 0.318. The first-order valence-electron chi connectivity index (χ1n) is 8.89. The van der Waals surface area contributed by atoms with Crippen LogP contribution in [-0.4, -0.2) is 54.2 Å². The summed E-state index contributed by atoms with van der Waals surface area (Å²) in [6, 6.07) is 18.9. The Bertz CT molecular complexity index is 690. The molecule has 1 heterocycles. The van der Waals surface area contributed by atoms with Crippen molar-refractivity contribution in [1.29, 1.82) is 0 Å². The second kappa shape index (κ2) is 9.88. The molecule has 1 saturated heterocycles. The molecule has 0 unspecified atom stereocenters. The molecule has 138 valence electrons. The van der Waals surface area contributed by atoms with Crippen LogP contribution in [0, 0.1) is 0 Å². The topological polar surface area (TPSA) is 40.6 Å². The van der Waals surface area contributed by atoms with Crippen molar-refractivity contribution in [2.75, 3.05) is 32.7 Å². The van der Waals surface area contributed by atoms with Crippen molar-refractivity contribution in [1.82, 2.24) is 9.80 Å². The van der Waals surface area contributed by atoms with Crippen LogP contribution < -0.4 is 0 Å². The highest BCUT2D eigenvalue weighted by Crippen LogP contribution is 2.10. The van der Waals surface area contributed by atoms with Crippen LogP contribution in [-0.2, 0) is 0 Å². The van der Waals surface area contributed by atoms with Crippen LogP contribution in [0.2, 0.25) is 0 Å². The minimum absolute atomic E-state index is 0. The number of nitrogens with zero attached hydrogens (tertiary/aromatic N) is 2. The summed E-state index contributed by atoms with van der Waals surface area (Å²) < 4.78 is 0. The van der Waals surface area contributed by atoms with Gasteiger partial charge in [0, 0.05) is 43.7 Å². The summed E-state index contributed by atoms with van der Waals surface area (Å²) in [5, 5.41) is 0. The average molecular weight is 352 g/mol. The maximum absolute atomic E-state index is 12.4. The summed E-state index contributed by atoms with van der Waals surface area (Å²) in [6.45, 7) is 4.16. The molecular formula is C22H28N2O2. The van der Waals surface area contributed by atoms with Crippen LogP contribution in [0.25, 0.3) is 0 Å². The first kappa shape index (κ1) is 19.9. The van der Waals surface area contributed by atoms with Gasteiger partial charge in [0.05, 0.1) is 0 Å². The van der Waals surface area contributed by atoms with Gasteiger partial charge >= 0.3 is 0 Å². The number of Topliss-reactive ketones (excluding diaryl/α,β-unsaturated/α-hetero) is 1. The van der Waals surface area contributed by atoms with Crippen molar-refractivity contribution in [3.63, 3.8) is 0 Å². The van der Waals surface area contributed by atoms with Crippen molar-refractivity contribution in [2.24, 2.45) is 0 Å². The minimum atomic E-state index is 0. The van der Waals surface area contributed by atoms with E-state index >= 15 is 0 Å². The zero-order valence-electron chi connectivity index (χ0n) is 14.4. The fourth-order valence-corrected chi connectivity index (χ4v) is 3.17. The van der Waals surface area contributed by atoms with Crippen molar-refractivity contribution in [3.05, 3.63) is 71.8 Å². The third-order valence-corrected chi connectivity index (χ3v) is 4.65. The number of rotatable bonds is 6. The first-order valence-corrected chi connectivity index (χ1v) is 8.89. The molecule has 1 amide bonds. The summed E-state index contributed by atoms with van der Waals surface area (Å²) in [5.41, 5.74) is 1.55. The number of hydrogen-bond donors (Lipinski definition) is 0. The number of ketones is 1. The lowest BCUT2D eigenvalue weighted by atomic mass is 10.1. The molecule has 0 aliphatic carbocycles. The number of carbonyl (C=O) groups is 2. The van der Waals surface area contributed by atoms with E-state index in [-0.39, 0.29) is 19.1 Å². The van der Waals surface area contributed by atoms with E-state index < -0.39 is 0 Å². The van der Waals surface area contributed by atoms with E-state index in [2.05, 4.69) is 4.90 Å². The first-order chi connectivity index (χ1) is 12.2. The van der Waals surface area contributed by atoms with Gasteiger partial charge in [0.1, 0.15) is 0 Å². The molecule has 2 aromatic carbocycles. The molecule has 0 bridgehead atoms. The number of benzene rings is 2. The van der Waals surface area contributed by atoms with Gasteiger partial charge in [-0.2, -0.15) is 0 Å². The zero-order valence-corrected chi connectivity index (χ0v) is 14.4. The fourth-order valence-electron chi connectivity index (χ4n) is 3.17. The highest BCUT2D eigenvalue weighted by molar-refractivity contribution is 5.96. The second-order valence-electron chi connectivity index (χ2n) is 6.39. The van der Waals surface area contributed by atoms with Gasteiger partial charge in [0.15, 0.2) is 5.78 Å². The van der Waals surface area contributed by atoms with Crippen LogP contribution in [0.3, 0.4) is 0 Å². The van der Waals surface area contributed by atoms with Gasteiger partial charge in [-0.3, -0.25) is 14.5 Å². The standard InChI is InChI=1S/C21H24N2O2.CH4/c24-20(18-8-3-1-4-9-18)12-7-13-22-14-16-23(17-15-22)21(25)19-10-5-2-6-11-19;/h1-6,8-11H,7,12-17H2;1H4. The third kappa shape index (κ3) is 5.27. The molecule has 1 aliphatic heterocycles. The molecule has 26 heavy (non-hydrogen) atoms. The Kier molecular flexibility index (Phi) is 7.54. The predicted octanol–water partition coefficient (Wildman–Crippen LogP) is 3.74. The fraction of sp³-hybridized carbons (Fsp3) is 0.364. The van der Waals surface area contributed by atoms with E-state index in [4.69, 9.17) is 0 Å². The van der Waals surface area contributed by atoms with Gasteiger partial charge in [-0.05, 0) is 25.1 Å². The van der Waals surface area contributed by atoms with E-state index in [0.29, 0.717) is 6.42 Å². The van der Waals surface area contributed by atoms with E-state index in [9.17, 15) is 9.59 Å². The van der Waals surface area contributed by atoms with Gasteiger partial charge < -0.3 is 4.90 Å².